The summed E-state index contributed by atoms with van der Waals surface area (Å²) in [4.78, 5) is 14.6. The molecule has 1 aliphatic rings. The quantitative estimate of drug-likeness (QED) is 0.851. The predicted molar refractivity (Wildman–Crippen MR) is 85.5 cm³/mol. The number of anilines is 1. The van der Waals surface area contributed by atoms with Gasteiger partial charge in [-0.2, -0.15) is 0 Å². The second-order valence-corrected chi connectivity index (χ2v) is 6.89. The van der Waals surface area contributed by atoms with E-state index in [0.29, 0.717) is 28.3 Å². The highest BCUT2D eigenvalue weighted by Crippen LogP contribution is 2.35. The van der Waals surface area contributed by atoms with Gasteiger partial charge in [-0.15, -0.1) is 0 Å². The Labute approximate surface area is 127 Å². The summed E-state index contributed by atoms with van der Waals surface area (Å²) in [5, 5.41) is 0. The summed E-state index contributed by atoms with van der Waals surface area (Å²) in [5.41, 5.74) is 7.26. The molecule has 0 atom stereocenters. The number of hydrogen-bond acceptors (Lipinski definition) is 3. The highest BCUT2D eigenvalue weighted by atomic mass is 16.5. The van der Waals surface area contributed by atoms with Crippen molar-refractivity contribution in [2.24, 2.45) is 11.3 Å². The summed E-state index contributed by atoms with van der Waals surface area (Å²) < 4.78 is 5.28. The number of likely N-dealkylation sites (tertiary alicyclic amines) is 1. The Kier molecular flexibility index (Phi) is 4.45. The van der Waals surface area contributed by atoms with Crippen LogP contribution in [0.3, 0.4) is 0 Å². The normalized spacial score (nSPS) is 16.9. The van der Waals surface area contributed by atoms with Crippen LogP contribution in [0.1, 0.15) is 44.0 Å². The van der Waals surface area contributed by atoms with Crippen LogP contribution in [0.4, 0.5) is 5.69 Å². The first-order valence-electron chi connectivity index (χ1n) is 7.55. The van der Waals surface area contributed by atoms with Crippen molar-refractivity contribution in [3.63, 3.8) is 0 Å². The summed E-state index contributed by atoms with van der Waals surface area (Å²) in [5.74, 6) is 1.28. The molecule has 1 aliphatic heterocycles. The zero-order chi connectivity index (χ0) is 15.6. The number of nitrogens with zero attached hydrogens (tertiary/aromatic N) is 1. The molecule has 21 heavy (non-hydrogen) atoms. The molecule has 1 amide bonds. The second kappa shape index (κ2) is 5.96. The van der Waals surface area contributed by atoms with Crippen molar-refractivity contribution >= 4 is 11.6 Å². The third-order valence-electron chi connectivity index (χ3n) is 4.46. The van der Waals surface area contributed by atoms with E-state index in [4.69, 9.17) is 10.5 Å². The predicted octanol–water partition coefficient (Wildman–Crippen LogP) is 3.18. The number of amides is 1. The average molecular weight is 290 g/mol. The molecule has 0 saturated carbocycles. The first-order valence-corrected chi connectivity index (χ1v) is 7.55. The van der Waals surface area contributed by atoms with Gasteiger partial charge in [0.1, 0.15) is 5.75 Å². The van der Waals surface area contributed by atoms with E-state index in [9.17, 15) is 4.79 Å². The first kappa shape index (κ1) is 15.7. The Bertz CT molecular complexity index is 512. The van der Waals surface area contributed by atoms with Gasteiger partial charge in [0.05, 0.1) is 12.7 Å². The Morgan fingerprint density at radius 2 is 1.90 bits per heavy atom. The molecule has 0 radical (unpaired) electrons. The highest BCUT2D eigenvalue weighted by Gasteiger charge is 2.31. The number of benzene rings is 1. The molecule has 1 aromatic rings. The van der Waals surface area contributed by atoms with Crippen LogP contribution >= 0.6 is 0 Å². The van der Waals surface area contributed by atoms with Crippen molar-refractivity contribution in [2.45, 2.75) is 33.6 Å². The van der Waals surface area contributed by atoms with Gasteiger partial charge in [0.15, 0.2) is 0 Å². The van der Waals surface area contributed by atoms with Crippen molar-refractivity contribution in [3.8, 4) is 5.75 Å². The van der Waals surface area contributed by atoms with E-state index < -0.39 is 0 Å². The standard InChI is InChI=1S/C17H26N2O2/c1-17(2,3)12-7-9-19(10-8-12)16(20)14-11-13(18)5-6-15(14)21-4/h5-6,11-12H,7-10,18H2,1-4H3. The number of ether oxygens (including phenoxy) is 1. The molecule has 0 unspecified atom stereocenters. The van der Waals surface area contributed by atoms with Gasteiger partial charge < -0.3 is 15.4 Å². The zero-order valence-corrected chi connectivity index (χ0v) is 13.5. The lowest BCUT2D eigenvalue weighted by Crippen LogP contribution is -2.41. The zero-order valence-electron chi connectivity index (χ0n) is 13.5. The SMILES string of the molecule is COc1ccc(N)cc1C(=O)N1CCC(C(C)(C)C)CC1. The fraction of sp³-hybridized carbons (Fsp3) is 0.588. The number of nitrogen functional groups attached to an aromatic ring is 1. The monoisotopic (exact) mass is 290 g/mol. The summed E-state index contributed by atoms with van der Waals surface area (Å²) in [6.07, 6.45) is 2.11. The van der Waals surface area contributed by atoms with E-state index in [1.807, 2.05) is 4.90 Å². The molecule has 1 heterocycles. The fourth-order valence-electron chi connectivity index (χ4n) is 3.01. The topological polar surface area (TPSA) is 55.6 Å². The van der Waals surface area contributed by atoms with Gasteiger partial charge >= 0.3 is 0 Å². The van der Waals surface area contributed by atoms with Crippen LogP contribution in [0.2, 0.25) is 0 Å². The van der Waals surface area contributed by atoms with E-state index in [0.717, 1.165) is 25.9 Å². The number of carbonyl (C=O) groups is 1. The van der Waals surface area contributed by atoms with E-state index in [1.54, 1.807) is 25.3 Å². The minimum absolute atomic E-state index is 0.0199. The van der Waals surface area contributed by atoms with Crippen LogP contribution < -0.4 is 10.5 Å². The molecule has 1 aromatic carbocycles. The summed E-state index contributed by atoms with van der Waals surface area (Å²) in [6.45, 7) is 8.43. The lowest BCUT2D eigenvalue weighted by molar-refractivity contribution is 0.0605. The Morgan fingerprint density at radius 3 is 2.43 bits per heavy atom. The maximum atomic E-state index is 12.7. The molecule has 2 rings (SSSR count). The second-order valence-electron chi connectivity index (χ2n) is 6.89. The van der Waals surface area contributed by atoms with Gasteiger partial charge in [-0.05, 0) is 42.4 Å². The van der Waals surface area contributed by atoms with Gasteiger partial charge in [-0.25, -0.2) is 0 Å². The number of piperidine rings is 1. The minimum Gasteiger partial charge on any atom is -0.496 e. The minimum atomic E-state index is 0.0199. The lowest BCUT2D eigenvalue weighted by atomic mass is 9.75. The van der Waals surface area contributed by atoms with Crippen molar-refractivity contribution in [2.75, 3.05) is 25.9 Å². The molecule has 4 heteroatoms. The molecule has 0 aromatic heterocycles. The van der Waals surface area contributed by atoms with E-state index >= 15 is 0 Å². The van der Waals surface area contributed by atoms with E-state index in [-0.39, 0.29) is 5.91 Å². The molecule has 1 fully saturated rings. The van der Waals surface area contributed by atoms with Gasteiger partial charge in [-0.1, -0.05) is 20.8 Å². The van der Waals surface area contributed by atoms with Gasteiger partial charge in [0.2, 0.25) is 0 Å². The molecular formula is C17H26N2O2. The average Bonchev–Trinajstić information content (AvgIpc) is 2.45. The number of hydrogen-bond donors (Lipinski definition) is 1. The van der Waals surface area contributed by atoms with Crippen molar-refractivity contribution < 1.29 is 9.53 Å². The number of nitrogens with two attached hydrogens (primary N) is 1. The van der Waals surface area contributed by atoms with Crippen LogP contribution in [0.15, 0.2) is 18.2 Å². The molecule has 116 valence electrons. The van der Waals surface area contributed by atoms with Crippen molar-refractivity contribution in [1.29, 1.82) is 0 Å². The van der Waals surface area contributed by atoms with E-state index in [2.05, 4.69) is 20.8 Å². The van der Waals surface area contributed by atoms with Crippen LogP contribution in [0.5, 0.6) is 5.75 Å². The third kappa shape index (κ3) is 3.49. The maximum Gasteiger partial charge on any atom is 0.257 e. The van der Waals surface area contributed by atoms with Gasteiger partial charge in [-0.3, -0.25) is 4.79 Å². The largest absolute Gasteiger partial charge is 0.496 e. The van der Waals surface area contributed by atoms with Crippen LogP contribution in [-0.4, -0.2) is 31.0 Å². The third-order valence-corrected chi connectivity index (χ3v) is 4.46. The molecule has 0 spiro atoms. The van der Waals surface area contributed by atoms with Crippen molar-refractivity contribution in [1.82, 2.24) is 4.90 Å². The highest BCUT2D eigenvalue weighted by molar-refractivity contribution is 5.97. The Hall–Kier alpha value is -1.71. The van der Waals surface area contributed by atoms with Crippen LogP contribution in [0.25, 0.3) is 0 Å². The fourth-order valence-corrected chi connectivity index (χ4v) is 3.01. The lowest BCUT2D eigenvalue weighted by Gasteiger charge is -2.38. The first-order chi connectivity index (χ1) is 9.82. The number of rotatable bonds is 2. The smallest absolute Gasteiger partial charge is 0.257 e. The van der Waals surface area contributed by atoms with Crippen LogP contribution in [-0.2, 0) is 0 Å². The molecule has 0 aliphatic carbocycles. The summed E-state index contributed by atoms with van der Waals surface area (Å²) in [6, 6.07) is 5.21. The molecule has 2 N–H and O–H groups in total. The maximum absolute atomic E-state index is 12.7. The van der Waals surface area contributed by atoms with Gasteiger partial charge in [0.25, 0.3) is 5.91 Å². The Balaban J connectivity index is 2.11. The number of carbonyl (C=O) groups excluding carboxylic acids is 1. The summed E-state index contributed by atoms with van der Waals surface area (Å²) in [7, 11) is 1.58. The molecular weight excluding hydrogens is 264 g/mol. The number of methoxy groups -OCH3 is 1. The van der Waals surface area contributed by atoms with Crippen LogP contribution in [0, 0.1) is 11.3 Å². The van der Waals surface area contributed by atoms with Crippen molar-refractivity contribution in [3.05, 3.63) is 23.8 Å². The molecule has 4 nitrogen and oxygen atoms in total. The molecule has 0 bridgehead atoms. The molecule has 1 saturated heterocycles. The Morgan fingerprint density at radius 1 is 1.29 bits per heavy atom. The van der Waals surface area contributed by atoms with Gasteiger partial charge in [0, 0.05) is 18.8 Å². The summed E-state index contributed by atoms with van der Waals surface area (Å²) >= 11 is 0. The van der Waals surface area contributed by atoms with E-state index in [1.165, 1.54) is 0 Å².